The monoisotopic (exact) mass is 417 g/mol. The van der Waals surface area contributed by atoms with Crippen molar-refractivity contribution in [2.75, 3.05) is 19.6 Å². The third-order valence-corrected chi connectivity index (χ3v) is 5.79. The number of hydrogen-bond donors (Lipinski definition) is 2. The van der Waals surface area contributed by atoms with Crippen molar-refractivity contribution in [2.24, 2.45) is 11.8 Å². The van der Waals surface area contributed by atoms with E-state index < -0.39 is 18.1 Å². The van der Waals surface area contributed by atoms with E-state index in [-0.39, 0.29) is 37.2 Å². The molecule has 154 valence electrons. The van der Waals surface area contributed by atoms with Crippen molar-refractivity contribution < 1.29 is 22.8 Å². The summed E-state index contributed by atoms with van der Waals surface area (Å²) < 4.78 is 39.0. The van der Waals surface area contributed by atoms with Crippen molar-refractivity contribution in [1.29, 1.82) is 0 Å². The topological polar surface area (TPSA) is 61.4 Å². The first-order chi connectivity index (χ1) is 13.2. The van der Waals surface area contributed by atoms with Gasteiger partial charge in [0, 0.05) is 18.1 Å². The van der Waals surface area contributed by atoms with Crippen molar-refractivity contribution in [2.45, 2.75) is 37.9 Å². The van der Waals surface area contributed by atoms with E-state index >= 15 is 0 Å². The molecule has 3 rings (SSSR count). The molecule has 3 amide bonds. The second-order valence-electron chi connectivity index (χ2n) is 7.40. The number of alkyl halides is 3. The first-order valence-electron chi connectivity index (χ1n) is 9.38. The Labute approximate surface area is 166 Å². The van der Waals surface area contributed by atoms with Crippen LogP contribution in [0.4, 0.5) is 18.0 Å². The smallest absolute Gasteiger partial charge is 0.353 e. The number of urea groups is 1. The molecule has 1 aliphatic heterocycles. The van der Waals surface area contributed by atoms with Crippen LogP contribution in [0.1, 0.15) is 37.3 Å². The summed E-state index contributed by atoms with van der Waals surface area (Å²) in [6.45, 7) is 0.750. The Morgan fingerprint density at radius 3 is 2.39 bits per heavy atom. The number of amides is 3. The fourth-order valence-electron chi connectivity index (χ4n) is 3.96. The van der Waals surface area contributed by atoms with Gasteiger partial charge < -0.3 is 15.5 Å². The average Bonchev–Trinajstić information content (AvgIpc) is 2.66. The second kappa shape index (κ2) is 8.59. The molecule has 1 unspecified atom stereocenters. The number of hydrogen-bond acceptors (Lipinski definition) is 2. The normalized spacial score (nSPS) is 24.4. The third-order valence-electron chi connectivity index (χ3n) is 5.54. The maximum Gasteiger partial charge on any atom is 0.391 e. The molecule has 1 aromatic rings. The van der Waals surface area contributed by atoms with E-state index in [4.69, 9.17) is 11.6 Å². The summed E-state index contributed by atoms with van der Waals surface area (Å²) in [5.74, 6) is -1.62. The molecule has 0 radical (unpaired) electrons. The van der Waals surface area contributed by atoms with Crippen LogP contribution < -0.4 is 10.6 Å². The minimum Gasteiger partial charge on any atom is -0.353 e. The molecule has 2 N–H and O–H groups in total. The number of piperazine rings is 1. The van der Waals surface area contributed by atoms with Crippen molar-refractivity contribution in [3.63, 3.8) is 0 Å². The highest BCUT2D eigenvalue weighted by molar-refractivity contribution is 6.30. The Morgan fingerprint density at radius 1 is 1.18 bits per heavy atom. The highest BCUT2D eigenvalue weighted by Gasteiger charge is 2.43. The zero-order valence-electron chi connectivity index (χ0n) is 15.3. The van der Waals surface area contributed by atoms with E-state index in [0.717, 1.165) is 5.56 Å². The Hall–Kier alpha value is -1.96. The molecule has 1 heterocycles. The molecular formula is C19H23ClF3N3O2. The number of carbonyl (C=O) groups is 2. The molecule has 9 heteroatoms. The van der Waals surface area contributed by atoms with Gasteiger partial charge in [-0.15, -0.1) is 0 Å². The number of benzene rings is 1. The van der Waals surface area contributed by atoms with E-state index in [1.807, 2.05) is 0 Å². The predicted octanol–water partition coefficient (Wildman–Crippen LogP) is 3.89. The van der Waals surface area contributed by atoms with Crippen LogP contribution in [0.3, 0.4) is 0 Å². The van der Waals surface area contributed by atoms with E-state index in [0.29, 0.717) is 31.0 Å². The fourth-order valence-corrected chi connectivity index (χ4v) is 4.09. The molecule has 1 aromatic carbocycles. The van der Waals surface area contributed by atoms with Crippen LogP contribution in [0, 0.1) is 11.8 Å². The van der Waals surface area contributed by atoms with Gasteiger partial charge in [-0.25, -0.2) is 4.79 Å². The summed E-state index contributed by atoms with van der Waals surface area (Å²) in [5.41, 5.74) is 0.801. The van der Waals surface area contributed by atoms with E-state index in [1.165, 1.54) is 4.90 Å². The molecular weight excluding hydrogens is 395 g/mol. The lowest BCUT2D eigenvalue weighted by molar-refractivity contribution is -0.184. The first-order valence-corrected chi connectivity index (χ1v) is 9.76. The summed E-state index contributed by atoms with van der Waals surface area (Å²) >= 11 is 5.95. The van der Waals surface area contributed by atoms with Crippen LogP contribution in [0.2, 0.25) is 5.02 Å². The maximum atomic E-state index is 13.0. The first kappa shape index (κ1) is 20.8. The standard InChI is InChI=1S/C19H23ClF3N3O2/c20-15-7-3-13(4-8-15)17(12-1-5-14(6-2-12)19(21,22)23)25-18(28)26-10-9-24-16(27)11-26/h3-4,7-8,12,14,17H,1-2,5-6,9-11H2,(H,24,27)(H,25,28). The molecule has 1 saturated carbocycles. The van der Waals surface area contributed by atoms with Gasteiger partial charge in [-0.3, -0.25) is 4.79 Å². The van der Waals surface area contributed by atoms with Gasteiger partial charge in [-0.05, 0) is 49.3 Å². The largest absolute Gasteiger partial charge is 0.391 e. The van der Waals surface area contributed by atoms with Crippen molar-refractivity contribution in [1.82, 2.24) is 15.5 Å². The van der Waals surface area contributed by atoms with E-state index in [2.05, 4.69) is 10.6 Å². The van der Waals surface area contributed by atoms with E-state index in [9.17, 15) is 22.8 Å². The van der Waals surface area contributed by atoms with Gasteiger partial charge in [0.25, 0.3) is 0 Å². The van der Waals surface area contributed by atoms with Gasteiger partial charge in [0.05, 0.1) is 12.0 Å². The number of nitrogens with one attached hydrogen (secondary N) is 2. The predicted molar refractivity (Wildman–Crippen MR) is 98.8 cm³/mol. The Kier molecular flexibility index (Phi) is 6.37. The average molecular weight is 418 g/mol. The van der Waals surface area contributed by atoms with Gasteiger partial charge in [0.2, 0.25) is 5.91 Å². The molecule has 2 aliphatic rings. The molecule has 1 atom stereocenters. The fraction of sp³-hybridized carbons (Fsp3) is 0.579. The highest BCUT2D eigenvalue weighted by atomic mass is 35.5. The quantitative estimate of drug-likeness (QED) is 0.783. The Balaban J connectivity index is 1.73. The number of nitrogens with zero attached hydrogens (tertiary/aromatic N) is 1. The van der Waals surface area contributed by atoms with Gasteiger partial charge in [-0.1, -0.05) is 23.7 Å². The Morgan fingerprint density at radius 2 is 1.82 bits per heavy atom. The molecule has 1 aliphatic carbocycles. The number of halogens is 4. The number of rotatable bonds is 3. The molecule has 1 saturated heterocycles. The SMILES string of the molecule is O=C1CN(C(=O)NC(c2ccc(Cl)cc2)C2CCC(C(F)(F)F)CC2)CCN1. The van der Waals surface area contributed by atoms with Crippen molar-refractivity contribution in [3.05, 3.63) is 34.9 Å². The molecule has 28 heavy (non-hydrogen) atoms. The van der Waals surface area contributed by atoms with Gasteiger partial charge >= 0.3 is 12.2 Å². The molecule has 0 spiro atoms. The van der Waals surface area contributed by atoms with Crippen LogP contribution in [-0.4, -0.2) is 42.6 Å². The van der Waals surface area contributed by atoms with Crippen LogP contribution in [0.15, 0.2) is 24.3 Å². The summed E-state index contributed by atoms with van der Waals surface area (Å²) in [6, 6.07) is 6.16. The van der Waals surface area contributed by atoms with Crippen molar-refractivity contribution >= 4 is 23.5 Å². The molecule has 0 bridgehead atoms. The summed E-state index contributed by atoms with van der Waals surface area (Å²) in [6.07, 6.45) is -3.32. The van der Waals surface area contributed by atoms with Crippen LogP contribution in [0.5, 0.6) is 0 Å². The van der Waals surface area contributed by atoms with Gasteiger partial charge in [0.15, 0.2) is 0 Å². The second-order valence-corrected chi connectivity index (χ2v) is 7.84. The zero-order chi connectivity index (χ0) is 20.3. The van der Waals surface area contributed by atoms with Crippen LogP contribution in [-0.2, 0) is 4.79 Å². The van der Waals surface area contributed by atoms with E-state index in [1.54, 1.807) is 24.3 Å². The lowest BCUT2D eigenvalue weighted by Gasteiger charge is -2.36. The molecule has 2 fully saturated rings. The van der Waals surface area contributed by atoms with Crippen LogP contribution in [0.25, 0.3) is 0 Å². The third kappa shape index (κ3) is 5.10. The molecule has 0 aromatic heterocycles. The lowest BCUT2D eigenvalue weighted by Crippen LogP contribution is -2.54. The van der Waals surface area contributed by atoms with Crippen molar-refractivity contribution in [3.8, 4) is 0 Å². The summed E-state index contributed by atoms with van der Waals surface area (Å²) in [7, 11) is 0. The highest BCUT2D eigenvalue weighted by Crippen LogP contribution is 2.43. The lowest BCUT2D eigenvalue weighted by atomic mass is 9.76. The zero-order valence-corrected chi connectivity index (χ0v) is 16.0. The van der Waals surface area contributed by atoms with Gasteiger partial charge in [0.1, 0.15) is 6.54 Å². The molecule has 5 nitrogen and oxygen atoms in total. The minimum atomic E-state index is -4.18. The Bertz CT molecular complexity index is 703. The van der Waals surface area contributed by atoms with Crippen LogP contribution >= 0.6 is 11.6 Å². The minimum absolute atomic E-state index is 0.0278. The van der Waals surface area contributed by atoms with Gasteiger partial charge in [-0.2, -0.15) is 13.2 Å². The summed E-state index contributed by atoms with van der Waals surface area (Å²) in [4.78, 5) is 25.7. The summed E-state index contributed by atoms with van der Waals surface area (Å²) in [5, 5.41) is 6.15. The maximum absolute atomic E-state index is 13.0. The number of carbonyl (C=O) groups excluding carboxylic acids is 2.